The zero-order valence-electron chi connectivity index (χ0n) is 13.9. The summed E-state index contributed by atoms with van der Waals surface area (Å²) < 4.78 is 5.33. The van der Waals surface area contributed by atoms with Crippen molar-refractivity contribution in [1.82, 2.24) is 9.97 Å². The largest absolute Gasteiger partial charge is 0.495 e. The van der Waals surface area contributed by atoms with Gasteiger partial charge in [0.25, 0.3) is 0 Å². The molecule has 2 aromatic carbocycles. The van der Waals surface area contributed by atoms with Crippen LogP contribution < -0.4 is 15.4 Å². The predicted molar refractivity (Wildman–Crippen MR) is 97.5 cm³/mol. The van der Waals surface area contributed by atoms with Gasteiger partial charge < -0.3 is 15.4 Å². The molecule has 0 spiro atoms. The molecule has 6 nitrogen and oxygen atoms in total. The van der Waals surface area contributed by atoms with E-state index in [1.165, 1.54) is 0 Å². The van der Waals surface area contributed by atoms with E-state index in [9.17, 15) is 5.26 Å². The number of hydrogen-bond donors (Lipinski definition) is 2. The molecule has 3 aromatic rings. The van der Waals surface area contributed by atoms with Crippen LogP contribution in [0.5, 0.6) is 5.75 Å². The first-order valence-electron chi connectivity index (χ1n) is 7.71. The van der Waals surface area contributed by atoms with Crippen LogP contribution in [0.15, 0.2) is 54.6 Å². The maximum Gasteiger partial charge on any atom is 0.229 e. The van der Waals surface area contributed by atoms with E-state index in [2.05, 4.69) is 26.7 Å². The number of benzene rings is 2. The summed E-state index contributed by atoms with van der Waals surface area (Å²) in [5.41, 5.74) is 2.83. The summed E-state index contributed by atoms with van der Waals surface area (Å²) in [5.74, 6) is 1.76. The van der Waals surface area contributed by atoms with Gasteiger partial charge in [-0.15, -0.1) is 0 Å². The number of aryl methyl sites for hydroxylation is 1. The third-order valence-electron chi connectivity index (χ3n) is 3.52. The zero-order valence-corrected chi connectivity index (χ0v) is 13.9. The van der Waals surface area contributed by atoms with Crippen molar-refractivity contribution in [3.63, 3.8) is 0 Å². The molecule has 0 aliphatic carbocycles. The summed E-state index contributed by atoms with van der Waals surface area (Å²) in [6.45, 7) is 1.89. The van der Waals surface area contributed by atoms with Crippen LogP contribution >= 0.6 is 0 Å². The highest BCUT2D eigenvalue weighted by atomic mass is 16.5. The van der Waals surface area contributed by atoms with Gasteiger partial charge in [0, 0.05) is 11.8 Å². The zero-order chi connectivity index (χ0) is 17.6. The van der Waals surface area contributed by atoms with Crippen LogP contribution in [-0.2, 0) is 0 Å². The summed E-state index contributed by atoms with van der Waals surface area (Å²) in [6.07, 6.45) is 0. The number of nitriles is 1. The van der Waals surface area contributed by atoms with Gasteiger partial charge in [0.05, 0.1) is 24.0 Å². The molecule has 25 heavy (non-hydrogen) atoms. The molecule has 0 fully saturated rings. The van der Waals surface area contributed by atoms with E-state index in [1.54, 1.807) is 13.2 Å². The summed E-state index contributed by atoms with van der Waals surface area (Å²) in [5, 5.41) is 15.6. The summed E-state index contributed by atoms with van der Waals surface area (Å²) in [7, 11) is 1.61. The molecule has 0 aliphatic rings. The fourth-order valence-electron chi connectivity index (χ4n) is 2.38. The average Bonchev–Trinajstić information content (AvgIpc) is 2.62. The third-order valence-corrected chi connectivity index (χ3v) is 3.52. The van der Waals surface area contributed by atoms with Crippen molar-refractivity contribution in [2.75, 3.05) is 17.7 Å². The number of ether oxygens (including phenoxy) is 1. The molecule has 0 saturated carbocycles. The monoisotopic (exact) mass is 331 g/mol. The van der Waals surface area contributed by atoms with Crippen molar-refractivity contribution >= 4 is 23.1 Å². The van der Waals surface area contributed by atoms with Crippen LogP contribution in [0.4, 0.5) is 23.1 Å². The van der Waals surface area contributed by atoms with E-state index >= 15 is 0 Å². The van der Waals surface area contributed by atoms with Crippen LogP contribution in [-0.4, -0.2) is 17.1 Å². The van der Waals surface area contributed by atoms with E-state index in [0.717, 1.165) is 11.4 Å². The first kappa shape index (κ1) is 16.3. The summed E-state index contributed by atoms with van der Waals surface area (Å²) in [6, 6.07) is 18.8. The number of methoxy groups -OCH3 is 1. The lowest BCUT2D eigenvalue weighted by Crippen LogP contribution is -2.04. The standard InChI is InChI=1S/C19H17N5O/c1-13-11-18(22-15-8-4-3-7-14(15)12-20)24-19(21-13)23-16-9-5-6-10-17(16)25-2/h3-11H,1-2H3,(H2,21,22,23,24). The molecule has 0 aliphatic heterocycles. The first-order chi connectivity index (χ1) is 12.2. The number of nitrogens with one attached hydrogen (secondary N) is 2. The van der Waals surface area contributed by atoms with Gasteiger partial charge in [0.2, 0.25) is 5.95 Å². The second-order valence-electron chi connectivity index (χ2n) is 5.33. The minimum Gasteiger partial charge on any atom is -0.495 e. The van der Waals surface area contributed by atoms with Crippen molar-refractivity contribution in [3.8, 4) is 11.8 Å². The number of rotatable bonds is 5. The Bertz CT molecular complexity index is 933. The molecule has 0 amide bonds. The lowest BCUT2D eigenvalue weighted by Gasteiger charge is -2.12. The second kappa shape index (κ2) is 7.32. The molecule has 6 heteroatoms. The average molecular weight is 331 g/mol. The van der Waals surface area contributed by atoms with E-state index < -0.39 is 0 Å². The minimum absolute atomic E-state index is 0.446. The normalized spacial score (nSPS) is 9.96. The molecule has 2 N–H and O–H groups in total. The molecule has 1 heterocycles. The number of nitrogens with zero attached hydrogens (tertiary/aromatic N) is 3. The van der Waals surface area contributed by atoms with Crippen molar-refractivity contribution in [1.29, 1.82) is 5.26 Å². The van der Waals surface area contributed by atoms with E-state index in [1.807, 2.05) is 55.5 Å². The highest BCUT2D eigenvalue weighted by Gasteiger charge is 2.08. The molecule has 3 rings (SSSR count). The van der Waals surface area contributed by atoms with E-state index in [4.69, 9.17) is 4.74 Å². The summed E-state index contributed by atoms with van der Waals surface area (Å²) in [4.78, 5) is 8.88. The van der Waals surface area contributed by atoms with Crippen LogP contribution in [0.2, 0.25) is 0 Å². The minimum atomic E-state index is 0.446. The Kier molecular flexibility index (Phi) is 4.77. The van der Waals surface area contributed by atoms with E-state index in [0.29, 0.717) is 28.8 Å². The Hall–Kier alpha value is -3.59. The smallest absolute Gasteiger partial charge is 0.229 e. The van der Waals surface area contributed by atoms with Gasteiger partial charge in [-0.05, 0) is 31.2 Å². The number of hydrogen-bond acceptors (Lipinski definition) is 6. The molecule has 0 unspecified atom stereocenters. The maximum absolute atomic E-state index is 9.21. The van der Waals surface area contributed by atoms with Gasteiger partial charge in [0.1, 0.15) is 17.6 Å². The number of para-hydroxylation sites is 3. The van der Waals surface area contributed by atoms with Crippen molar-refractivity contribution in [2.45, 2.75) is 6.92 Å². The van der Waals surface area contributed by atoms with Crippen LogP contribution in [0.3, 0.4) is 0 Å². The molecule has 124 valence electrons. The number of anilines is 4. The highest BCUT2D eigenvalue weighted by molar-refractivity contribution is 5.67. The van der Waals surface area contributed by atoms with Crippen molar-refractivity contribution in [2.24, 2.45) is 0 Å². The van der Waals surface area contributed by atoms with Gasteiger partial charge in [-0.3, -0.25) is 0 Å². The number of aromatic nitrogens is 2. The first-order valence-corrected chi connectivity index (χ1v) is 7.71. The molecule has 1 aromatic heterocycles. The van der Waals surface area contributed by atoms with Crippen molar-refractivity contribution < 1.29 is 4.74 Å². The Labute approximate surface area is 146 Å². The third kappa shape index (κ3) is 3.85. The molecule has 0 bridgehead atoms. The fourth-order valence-corrected chi connectivity index (χ4v) is 2.38. The van der Waals surface area contributed by atoms with Gasteiger partial charge in [-0.25, -0.2) is 4.98 Å². The quantitative estimate of drug-likeness (QED) is 0.730. The molecule has 0 atom stereocenters. The van der Waals surface area contributed by atoms with Gasteiger partial charge >= 0.3 is 0 Å². The molecule has 0 radical (unpaired) electrons. The van der Waals surface area contributed by atoms with Crippen LogP contribution in [0, 0.1) is 18.3 Å². The van der Waals surface area contributed by atoms with Gasteiger partial charge in [-0.2, -0.15) is 10.2 Å². The topological polar surface area (TPSA) is 82.9 Å². The lowest BCUT2D eigenvalue weighted by molar-refractivity contribution is 0.417. The predicted octanol–water partition coefficient (Wildman–Crippen LogP) is 4.15. The van der Waals surface area contributed by atoms with E-state index in [-0.39, 0.29) is 0 Å². The molecular formula is C19H17N5O. The van der Waals surface area contributed by atoms with Crippen LogP contribution in [0.25, 0.3) is 0 Å². The Morgan fingerprint density at radius 3 is 2.44 bits per heavy atom. The molecule has 0 saturated heterocycles. The Morgan fingerprint density at radius 2 is 1.68 bits per heavy atom. The maximum atomic E-state index is 9.21. The lowest BCUT2D eigenvalue weighted by atomic mass is 10.2. The van der Waals surface area contributed by atoms with Gasteiger partial charge in [-0.1, -0.05) is 24.3 Å². The Balaban J connectivity index is 1.89. The van der Waals surface area contributed by atoms with Gasteiger partial charge in [0.15, 0.2) is 0 Å². The SMILES string of the molecule is COc1ccccc1Nc1nc(C)cc(Nc2ccccc2C#N)n1. The Morgan fingerprint density at radius 1 is 0.960 bits per heavy atom. The van der Waals surface area contributed by atoms with Crippen molar-refractivity contribution in [3.05, 3.63) is 65.9 Å². The van der Waals surface area contributed by atoms with Crippen LogP contribution in [0.1, 0.15) is 11.3 Å². The molecular weight excluding hydrogens is 314 g/mol. The second-order valence-corrected chi connectivity index (χ2v) is 5.33. The highest BCUT2D eigenvalue weighted by Crippen LogP contribution is 2.27. The summed E-state index contributed by atoms with van der Waals surface area (Å²) >= 11 is 0. The fraction of sp³-hybridized carbons (Fsp3) is 0.105.